The van der Waals surface area contributed by atoms with E-state index in [0.717, 1.165) is 5.69 Å². The Labute approximate surface area is 172 Å². The number of rotatable bonds is 5. The van der Waals surface area contributed by atoms with Gasteiger partial charge in [-0.2, -0.15) is 5.10 Å². The van der Waals surface area contributed by atoms with Crippen molar-refractivity contribution < 1.29 is 13.2 Å². The number of amides is 1. The summed E-state index contributed by atoms with van der Waals surface area (Å²) >= 11 is 11.9. The maximum absolute atomic E-state index is 12.7. The number of carbonyl (C=O) groups excluding carboxylic acids is 1. The van der Waals surface area contributed by atoms with Crippen LogP contribution in [0.1, 0.15) is 16.1 Å². The van der Waals surface area contributed by atoms with Crippen LogP contribution in [-0.4, -0.2) is 24.1 Å². The second-order valence-corrected chi connectivity index (χ2v) is 8.50. The molecule has 0 radical (unpaired) electrons. The molecule has 0 atom stereocenters. The number of carbonyl (C=O) groups is 1. The van der Waals surface area contributed by atoms with Gasteiger partial charge in [0, 0.05) is 29.4 Å². The Balaban J connectivity index is 1.88. The predicted molar refractivity (Wildman–Crippen MR) is 110 cm³/mol. The van der Waals surface area contributed by atoms with Crippen molar-refractivity contribution in [3.05, 3.63) is 69.8 Å². The molecule has 28 heavy (non-hydrogen) atoms. The maximum Gasteiger partial charge on any atom is 0.263 e. The van der Waals surface area contributed by atoms with Crippen molar-refractivity contribution in [2.24, 2.45) is 7.05 Å². The number of aryl methyl sites for hydroxylation is 2. The minimum atomic E-state index is -4.01. The first-order valence-electron chi connectivity index (χ1n) is 8.05. The molecule has 0 saturated heterocycles. The van der Waals surface area contributed by atoms with Gasteiger partial charge in [-0.25, -0.2) is 8.42 Å². The zero-order valence-electron chi connectivity index (χ0n) is 14.9. The van der Waals surface area contributed by atoms with Crippen molar-refractivity contribution in [1.29, 1.82) is 0 Å². The highest BCUT2D eigenvalue weighted by Gasteiger charge is 2.21. The first-order chi connectivity index (χ1) is 13.2. The van der Waals surface area contributed by atoms with Crippen molar-refractivity contribution in [1.82, 2.24) is 9.78 Å². The number of halogens is 2. The molecule has 3 aromatic rings. The van der Waals surface area contributed by atoms with E-state index in [9.17, 15) is 13.2 Å². The van der Waals surface area contributed by atoms with Crippen LogP contribution in [0.4, 0.5) is 11.5 Å². The van der Waals surface area contributed by atoms with E-state index < -0.39 is 15.9 Å². The monoisotopic (exact) mass is 438 g/mol. The second kappa shape index (κ2) is 7.83. The van der Waals surface area contributed by atoms with Crippen LogP contribution in [-0.2, 0) is 17.1 Å². The summed E-state index contributed by atoms with van der Waals surface area (Å²) in [7, 11) is -2.32. The first-order valence-corrected chi connectivity index (χ1v) is 10.3. The quantitative estimate of drug-likeness (QED) is 0.627. The van der Waals surface area contributed by atoms with Gasteiger partial charge in [0.2, 0.25) is 0 Å². The van der Waals surface area contributed by atoms with Gasteiger partial charge in [0.25, 0.3) is 15.9 Å². The molecule has 0 saturated carbocycles. The van der Waals surface area contributed by atoms with Gasteiger partial charge in [0.05, 0.1) is 10.7 Å². The molecule has 0 fully saturated rings. The molecule has 0 unspecified atom stereocenters. The topological polar surface area (TPSA) is 93.1 Å². The fourth-order valence-corrected chi connectivity index (χ4v) is 4.21. The van der Waals surface area contributed by atoms with Gasteiger partial charge < -0.3 is 5.32 Å². The van der Waals surface area contributed by atoms with E-state index in [-0.39, 0.29) is 15.5 Å². The molecule has 0 spiro atoms. The normalized spacial score (nSPS) is 11.3. The van der Waals surface area contributed by atoms with Gasteiger partial charge in [0.15, 0.2) is 0 Å². The SMILES string of the molecule is Cc1cc(NC(=O)c2ccc(Cl)c(S(=O)(=O)Nc3ccc(Cl)cc3)c2)n(C)n1. The molecule has 2 N–H and O–H groups in total. The van der Waals surface area contributed by atoms with Gasteiger partial charge in [0.1, 0.15) is 10.7 Å². The highest BCUT2D eigenvalue weighted by molar-refractivity contribution is 7.92. The number of sulfonamides is 1. The Morgan fingerprint density at radius 1 is 1.07 bits per heavy atom. The third kappa shape index (κ3) is 4.46. The molecule has 1 aromatic heterocycles. The lowest BCUT2D eigenvalue weighted by atomic mass is 10.2. The van der Waals surface area contributed by atoms with Crippen molar-refractivity contribution >= 4 is 50.6 Å². The number of aromatic nitrogens is 2. The van der Waals surface area contributed by atoms with E-state index in [2.05, 4.69) is 15.1 Å². The smallest absolute Gasteiger partial charge is 0.263 e. The molecule has 0 aliphatic heterocycles. The van der Waals surface area contributed by atoms with Gasteiger partial charge in [-0.15, -0.1) is 0 Å². The van der Waals surface area contributed by atoms with Crippen LogP contribution in [0, 0.1) is 6.92 Å². The van der Waals surface area contributed by atoms with Crippen LogP contribution in [0.15, 0.2) is 53.4 Å². The predicted octanol–water partition coefficient (Wildman–Crippen LogP) is 4.09. The summed E-state index contributed by atoms with van der Waals surface area (Å²) in [6, 6.07) is 11.9. The van der Waals surface area contributed by atoms with Crippen molar-refractivity contribution in [3.8, 4) is 0 Å². The Morgan fingerprint density at radius 2 is 1.75 bits per heavy atom. The summed E-state index contributed by atoms with van der Waals surface area (Å²) in [5.74, 6) is 0.00348. The van der Waals surface area contributed by atoms with Gasteiger partial charge in [-0.3, -0.25) is 14.2 Å². The van der Waals surface area contributed by atoms with E-state index in [1.807, 2.05) is 0 Å². The van der Waals surface area contributed by atoms with Crippen LogP contribution >= 0.6 is 23.2 Å². The Morgan fingerprint density at radius 3 is 2.36 bits per heavy atom. The van der Waals surface area contributed by atoms with Crippen molar-refractivity contribution in [2.45, 2.75) is 11.8 Å². The number of benzene rings is 2. The average Bonchev–Trinajstić information content (AvgIpc) is 2.94. The summed E-state index contributed by atoms with van der Waals surface area (Å²) in [5, 5.41) is 7.31. The summed E-state index contributed by atoms with van der Waals surface area (Å²) in [5.41, 5.74) is 1.20. The fourth-order valence-electron chi connectivity index (χ4n) is 2.49. The first kappa shape index (κ1) is 20.2. The standard InChI is InChI=1S/C18H16Cl2N4O3S/c1-11-9-17(24(2)22-11)21-18(25)12-3-8-15(20)16(10-12)28(26,27)23-14-6-4-13(19)5-7-14/h3-10,23H,1-2H3,(H,21,25). The third-order valence-electron chi connectivity index (χ3n) is 3.82. The summed E-state index contributed by atoms with van der Waals surface area (Å²) < 4.78 is 29.4. The van der Waals surface area contributed by atoms with Gasteiger partial charge in [-0.05, 0) is 49.4 Å². The molecule has 146 valence electrons. The minimum absolute atomic E-state index is 0.00519. The zero-order valence-corrected chi connectivity index (χ0v) is 17.2. The highest BCUT2D eigenvalue weighted by atomic mass is 35.5. The Kier molecular flexibility index (Phi) is 5.64. The molecular weight excluding hydrogens is 423 g/mol. The lowest BCUT2D eigenvalue weighted by molar-refractivity contribution is 0.102. The lowest BCUT2D eigenvalue weighted by Crippen LogP contribution is -2.17. The van der Waals surface area contributed by atoms with E-state index in [0.29, 0.717) is 16.5 Å². The largest absolute Gasteiger partial charge is 0.307 e. The van der Waals surface area contributed by atoms with Crippen LogP contribution < -0.4 is 10.0 Å². The third-order valence-corrected chi connectivity index (χ3v) is 5.94. The molecule has 2 aromatic carbocycles. The molecule has 1 heterocycles. The highest BCUT2D eigenvalue weighted by Crippen LogP contribution is 2.26. The van der Waals surface area contributed by atoms with Crippen LogP contribution in [0.2, 0.25) is 10.0 Å². The average molecular weight is 439 g/mol. The Bertz CT molecular complexity index is 1140. The van der Waals surface area contributed by atoms with E-state index in [1.54, 1.807) is 32.2 Å². The number of hydrogen-bond acceptors (Lipinski definition) is 4. The molecule has 10 heteroatoms. The van der Waals surface area contributed by atoms with Gasteiger partial charge >= 0.3 is 0 Å². The molecule has 0 bridgehead atoms. The fraction of sp³-hybridized carbons (Fsp3) is 0.111. The summed E-state index contributed by atoms with van der Waals surface area (Å²) in [6.45, 7) is 1.80. The van der Waals surface area contributed by atoms with Crippen LogP contribution in [0.3, 0.4) is 0 Å². The molecule has 7 nitrogen and oxygen atoms in total. The van der Waals surface area contributed by atoms with Gasteiger partial charge in [-0.1, -0.05) is 23.2 Å². The number of hydrogen-bond donors (Lipinski definition) is 2. The number of nitrogens with one attached hydrogen (secondary N) is 2. The Hall–Kier alpha value is -2.55. The second-order valence-electron chi connectivity index (χ2n) is 6.01. The van der Waals surface area contributed by atoms with Crippen molar-refractivity contribution in [2.75, 3.05) is 10.0 Å². The summed E-state index contributed by atoms with van der Waals surface area (Å²) in [6.07, 6.45) is 0. The van der Waals surface area contributed by atoms with Crippen LogP contribution in [0.25, 0.3) is 0 Å². The van der Waals surface area contributed by atoms with Crippen molar-refractivity contribution in [3.63, 3.8) is 0 Å². The number of anilines is 2. The maximum atomic E-state index is 12.7. The minimum Gasteiger partial charge on any atom is -0.307 e. The zero-order chi connectivity index (χ0) is 20.5. The van der Waals surface area contributed by atoms with E-state index in [1.165, 1.54) is 35.0 Å². The molecular formula is C18H16Cl2N4O3S. The lowest BCUT2D eigenvalue weighted by Gasteiger charge is -2.11. The molecule has 0 aliphatic carbocycles. The molecule has 3 rings (SSSR count). The van der Waals surface area contributed by atoms with E-state index >= 15 is 0 Å². The van der Waals surface area contributed by atoms with Crippen LogP contribution in [0.5, 0.6) is 0 Å². The number of nitrogens with zero attached hydrogens (tertiary/aromatic N) is 2. The summed E-state index contributed by atoms with van der Waals surface area (Å²) in [4.78, 5) is 12.3. The molecule has 1 amide bonds. The van der Waals surface area contributed by atoms with E-state index in [4.69, 9.17) is 23.2 Å². The molecule has 0 aliphatic rings.